The fourth-order valence-electron chi connectivity index (χ4n) is 2.39. The van der Waals surface area contributed by atoms with Gasteiger partial charge in [-0.15, -0.1) is 11.3 Å². The second-order valence-corrected chi connectivity index (χ2v) is 6.55. The SMILES string of the molecule is COc1ccc(Br)c(C(=O)N2CCc3sccc3C2)c1. The lowest BCUT2D eigenvalue weighted by molar-refractivity contribution is 0.0734. The van der Waals surface area contributed by atoms with Crippen LogP contribution in [-0.4, -0.2) is 24.5 Å². The van der Waals surface area contributed by atoms with Gasteiger partial charge in [0.2, 0.25) is 0 Å². The molecule has 0 bridgehead atoms. The average molecular weight is 352 g/mol. The quantitative estimate of drug-likeness (QED) is 0.825. The van der Waals surface area contributed by atoms with Crippen molar-refractivity contribution in [2.75, 3.05) is 13.7 Å². The van der Waals surface area contributed by atoms with E-state index in [2.05, 4.69) is 27.4 Å². The zero-order valence-corrected chi connectivity index (χ0v) is 13.5. The molecule has 1 aliphatic rings. The molecular formula is C15H14BrNO2S. The summed E-state index contributed by atoms with van der Waals surface area (Å²) in [5.74, 6) is 0.748. The van der Waals surface area contributed by atoms with Crippen LogP contribution >= 0.6 is 27.3 Å². The highest BCUT2D eigenvalue weighted by Gasteiger charge is 2.24. The van der Waals surface area contributed by atoms with E-state index in [1.165, 1.54) is 10.4 Å². The van der Waals surface area contributed by atoms with Gasteiger partial charge in [-0.25, -0.2) is 0 Å². The topological polar surface area (TPSA) is 29.5 Å². The van der Waals surface area contributed by atoms with E-state index in [9.17, 15) is 4.79 Å². The van der Waals surface area contributed by atoms with Crippen LogP contribution in [0.3, 0.4) is 0 Å². The van der Waals surface area contributed by atoms with Crippen LogP contribution in [0.5, 0.6) is 5.75 Å². The summed E-state index contributed by atoms with van der Waals surface area (Å²) in [4.78, 5) is 16.0. The van der Waals surface area contributed by atoms with Gasteiger partial charge in [0.15, 0.2) is 0 Å². The molecule has 2 heterocycles. The largest absolute Gasteiger partial charge is 0.497 e. The molecule has 3 nitrogen and oxygen atoms in total. The Bertz CT molecular complexity index is 653. The minimum atomic E-state index is 0.0487. The number of hydrogen-bond donors (Lipinski definition) is 0. The van der Waals surface area contributed by atoms with Crippen molar-refractivity contribution in [2.24, 2.45) is 0 Å². The first kappa shape index (κ1) is 13.6. The van der Waals surface area contributed by atoms with Crippen LogP contribution in [-0.2, 0) is 13.0 Å². The fraction of sp³-hybridized carbons (Fsp3) is 0.267. The molecule has 5 heteroatoms. The van der Waals surface area contributed by atoms with Gasteiger partial charge in [-0.05, 0) is 57.6 Å². The number of methoxy groups -OCH3 is 1. The maximum Gasteiger partial charge on any atom is 0.255 e. The summed E-state index contributed by atoms with van der Waals surface area (Å²) >= 11 is 5.23. The van der Waals surface area contributed by atoms with Gasteiger partial charge in [0.05, 0.1) is 12.7 Å². The smallest absolute Gasteiger partial charge is 0.255 e. The first-order valence-corrected chi connectivity index (χ1v) is 8.04. The number of hydrogen-bond acceptors (Lipinski definition) is 3. The number of carbonyl (C=O) groups excluding carboxylic acids is 1. The second kappa shape index (κ2) is 5.58. The van der Waals surface area contributed by atoms with E-state index in [-0.39, 0.29) is 5.91 Å². The van der Waals surface area contributed by atoms with E-state index in [4.69, 9.17) is 4.74 Å². The van der Waals surface area contributed by atoms with Crippen LogP contribution in [0.15, 0.2) is 34.1 Å². The number of thiophene rings is 1. The molecule has 0 saturated carbocycles. The lowest BCUT2D eigenvalue weighted by Crippen LogP contribution is -2.35. The molecule has 104 valence electrons. The minimum Gasteiger partial charge on any atom is -0.497 e. The van der Waals surface area contributed by atoms with Crippen LogP contribution in [0.4, 0.5) is 0 Å². The molecule has 0 N–H and O–H groups in total. The van der Waals surface area contributed by atoms with Crippen molar-refractivity contribution in [2.45, 2.75) is 13.0 Å². The Labute approximate surface area is 130 Å². The first-order valence-electron chi connectivity index (χ1n) is 6.37. The Hall–Kier alpha value is -1.33. The minimum absolute atomic E-state index is 0.0487. The van der Waals surface area contributed by atoms with Gasteiger partial charge >= 0.3 is 0 Å². The molecule has 3 rings (SSSR count). The van der Waals surface area contributed by atoms with Crippen molar-refractivity contribution >= 4 is 33.2 Å². The van der Waals surface area contributed by atoms with E-state index in [1.807, 2.05) is 17.0 Å². The molecule has 1 aromatic carbocycles. The highest BCUT2D eigenvalue weighted by molar-refractivity contribution is 9.10. The number of rotatable bonds is 2. The summed E-state index contributed by atoms with van der Waals surface area (Å²) in [6.07, 6.45) is 0.945. The molecule has 1 aliphatic heterocycles. The standard InChI is InChI=1S/C15H14BrNO2S/c1-19-11-2-3-13(16)12(8-11)15(18)17-6-4-14-10(9-17)5-7-20-14/h2-3,5,7-8H,4,6,9H2,1H3. The number of ether oxygens (including phenoxy) is 1. The third-order valence-electron chi connectivity index (χ3n) is 3.50. The summed E-state index contributed by atoms with van der Waals surface area (Å²) in [6.45, 7) is 1.47. The predicted molar refractivity (Wildman–Crippen MR) is 83.5 cm³/mol. The third-order valence-corrected chi connectivity index (χ3v) is 5.21. The maximum atomic E-state index is 12.7. The number of amides is 1. The van der Waals surface area contributed by atoms with E-state index < -0.39 is 0 Å². The summed E-state index contributed by atoms with van der Waals surface area (Å²) in [5.41, 5.74) is 1.93. The molecule has 0 unspecified atom stereocenters. The molecule has 0 fully saturated rings. The summed E-state index contributed by atoms with van der Waals surface area (Å²) in [6, 6.07) is 7.59. The number of fused-ring (bicyclic) bond motifs is 1. The lowest BCUT2D eigenvalue weighted by Gasteiger charge is -2.27. The Kier molecular flexibility index (Phi) is 3.81. The molecule has 0 atom stereocenters. The average Bonchev–Trinajstić information content (AvgIpc) is 2.94. The number of benzene rings is 1. The van der Waals surface area contributed by atoms with Gasteiger partial charge in [-0.2, -0.15) is 0 Å². The zero-order valence-electron chi connectivity index (χ0n) is 11.1. The van der Waals surface area contributed by atoms with Gasteiger partial charge in [0.25, 0.3) is 5.91 Å². The van der Waals surface area contributed by atoms with E-state index in [0.717, 1.165) is 17.4 Å². The van der Waals surface area contributed by atoms with Gasteiger partial charge < -0.3 is 9.64 Å². The van der Waals surface area contributed by atoms with Gasteiger partial charge in [-0.3, -0.25) is 4.79 Å². The van der Waals surface area contributed by atoms with Crippen molar-refractivity contribution in [3.05, 3.63) is 50.1 Å². The van der Waals surface area contributed by atoms with Crippen molar-refractivity contribution in [3.8, 4) is 5.75 Å². The predicted octanol–water partition coefficient (Wildman–Crippen LogP) is 3.72. The van der Waals surface area contributed by atoms with Gasteiger partial charge in [-0.1, -0.05) is 0 Å². The highest BCUT2D eigenvalue weighted by Crippen LogP contribution is 2.28. The Morgan fingerprint density at radius 1 is 1.40 bits per heavy atom. The Morgan fingerprint density at radius 2 is 2.25 bits per heavy atom. The maximum absolute atomic E-state index is 12.7. The van der Waals surface area contributed by atoms with E-state index >= 15 is 0 Å². The zero-order chi connectivity index (χ0) is 14.1. The number of carbonyl (C=O) groups is 1. The molecule has 20 heavy (non-hydrogen) atoms. The molecule has 1 amide bonds. The van der Waals surface area contributed by atoms with Gasteiger partial charge in [0, 0.05) is 22.4 Å². The molecule has 1 aromatic heterocycles. The van der Waals surface area contributed by atoms with Crippen molar-refractivity contribution in [1.29, 1.82) is 0 Å². The second-order valence-electron chi connectivity index (χ2n) is 4.69. The number of halogens is 1. The van der Waals surface area contributed by atoms with Crippen molar-refractivity contribution in [1.82, 2.24) is 4.90 Å². The van der Waals surface area contributed by atoms with Crippen molar-refractivity contribution < 1.29 is 9.53 Å². The van der Waals surface area contributed by atoms with E-state index in [0.29, 0.717) is 17.9 Å². The molecule has 0 aliphatic carbocycles. The molecular weight excluding hydrogens is 338 g/mol. The highest BCUT2D eigenvalue weighted by atomic mass is 79.9. The molecule has 0 spiro atoms. The van der Waals surface area contributed by atoms with E-state index in [1.54, 1.807) is 24.5 Å². The fourth-order valence-corrected chi connectivity index (χ4v) is 3.69. The van der Waals surface area contributed by atoms with Crippen LogP contribution in [0.1, 0.15) is 20.8 Å². The van der Waals surface area contributed by atoms with Crippen LogP contribution in [0, 0.1) is 0 Å². The normalized spacial score (nSPS) is 14.0. The summed E-state index contributed by atoms with van der Waals surface area (Å²) in [5, 5.41) is 2.10. The summed E-state index contributed by atoms with van der Waals surface area (Å²) in [7, 11) is 1.61. The molecule has 2 aromatic rings. The van der Waals surface area contributed by atoms with Crippen LogP contribution in [0.25, 0.3) is 0 Å². The van der Waals surface area contributed by atoms with Gasteiger partial charge in [0.1, 0.15) is 5.75 Å². The molecule has 0 radical (unpaired) electrons. The number of nitrogens with zero attached hydrogens (tertiary/aromatic N) is 1. The van der Waals surface area contributed by atoms with Crippen LogP contribution in [0.2, 0.25) is 0 Å². The van der Waals surface area contributed by atoms with Crippen molar-refractivity contribution in [3.63, 3.8) is 0 Å². The van der Waals surface area contributed by atoms with Crippen LogP contribution < -0.4 is 4.74 Å². The monoisotopic (exact) mass is 351 g/mol. The first-order chi connectivity index (χ1) is 9.69. The Balaban J connectivity index is 1.87. The lowest BCUT2D eigenvalue weighted by atomic mass is 10.1. The summed E-state index contributed by atoms with van der Waals surface area (Å²) < 4.78 is 6.01. The Morgan fingerprint density at radius 3 is 3.05 bits per heavy atom. The third kappa shape index (κ3) is 2.47. The molecule has 0 saturated heterocycles.